The van der Waals surface area contributed by atoms with Gasteiger partial charge in [0.15, 0.2) is 0 Å². The van der Waals surface area contributed by atoms with E-state index in [1.807, 2.05) is 43.3 Å². The van der Waals surface area contributed by atoms with Gasteiger partial charge in [-0.15, -0.1) is 0 Å². The molecule has 8 heteroatoms. The smallest absolute Gasteiger partial charge is 0.305 e. The largest absolute Gasteiger partial charge is 0.495 e. The number of nitrogens with zero attached hydrogens (tertiary/aromatic N) is 2. The number of methoxy groups -OCH3 is 1. The van der Waals surface area contributed by atoms with Crippen molar-refractivity contribution in [2.75, 3.05) is 51.3 Å². The van der Waals surface area contributed by atoms with Crippen molar-refractivity contribution in [3.05, 3.63) is 53.6 Å². The molecule has 0 aliphatic carbocycles. The van der Waals surface area contributed by atoms with Gasteiger partial charge in [0.25, 0.3) is 0 Å². The predicted molar refractivity (Wildman–Crippen MR) is 131 cm³/mol. The van der Waals surface area contributed by atoms with Gasteiger partial charge in [-0.2, -0.15) is 0 Å². The number of aryl methyl sites for hydroxylation is 1. The molecule has 1 unspecified atom stereocenters. The summed E-state index contributed by atoms with van der Waals surface area (Å²) in [5.41, 5.74) is 8.13. The van der Waals surface area contributed by atoms with Gasteiger partial charge < -0.3 is 24.8 Å². The molecule has 2 aromatic carbocycles. The molecule has 0 aromatic heterocycles. The lowest BCUT2D eigenvalue weighted by Crippen LogP contribution is -2.50. The Balaban J connectivity index is 1.58. The number of carbonyl (C=O) groups excluding carboxylic acids is 2. The van der Waals surface area contributed by atoms with Crippen molar-refractivity contribution < 1.29 is 23.8 Å². The van der Waals surface area contributed by atoms with E-state index in [9.17, 15) is 9.59 Å². The summed E-state index contributed by atoms with van der Waals surface area (Å²) in [5.74, 6) is 0.961. The molecule has 184 valence electrons. The van der Waals surface area contributed by atoms with Crippen LogP contribution in [-0.2, 0) is 20.7 Å². The molecule has 1 aliphatic rings. The van der Waals surface area contributed by atoms with Crippen LogP contribution in [0.2, 0.25) is 0 Å². The minimum atomic E-state index is -0.380. The molecule has 0 bridgehead atoms. The van der Waals surface area contributed by atoms with E-state index in [1.165, 1.54) is 0 Å². The minimum absolute atomic E-state index is 0.193. The monoisotopic (exact) mass is 469 g/mol. The average molecular weight is 470 g/mol. The second kappa shape index (κ2) is 12.3. The van der Waals surface area contributed by atoms with Crippen LogP contribution in [0.5, 0.6) is 11.5 Å². The molecule has 0 radical (unpaired) electrons. The highest BCUT2D eigenvalue weighted by atomic mass is 16.6. The van der Waals surface area contributed by atoms with Crippen LogP contribution in [0.15, 0.2) is 42.5 Å². The van der Waals surface area contributed by atoms with E-state index < -0.39 is 0 Å². The molecule has 3 rings (SSSR count). The summed E-state index contributed by atoms with van der Waals surface area (Å²) in [6.07, 6.45) is 0.132. The standard InChI is InChI=1S/C26H35N3O5/c1-4-26(31)34-21(18-33-23-10-9-20(15-19(23)2)16-25(27)30)17-28-11-13-29(14-12-28)22-7-5-6-8-24(22)32-3/h5-10,15,21H,4,11-14,16-18H2,1-3H3,(H2,27,30). The van der Waals surface area contributed by atoms with Gasteiger partial charge in [0.1, 0.15) is 24.2 Å². The van der Waals surface area contributed by atoms with Gasteiger partial charge in [-0.25, -0.2) is 0 Å². The van der Waals surface area contributed by atoms with Crippen LogP contribution in [0.3, 0.4) is 0 Å². The fraction of sp³-hybridized carbons (Fsp3) is 0.462. The summed E-state index contributed by atoms with van der Waals surface area (Å²) >= 11 is 0. The number of rotatable bonds is 11. The molecule has 1 atom stereocenters. The Labute approximate surface area is 201 Å². The maximum Gasteiger partial charge on any atom is 0.305 e. The average Bonchev–Trinajstić information content (AvgIpc) is 2.83. The zero-order chi connectivity index (χ0) is 24.5. The third-order valence-electron chi connectivity index (χ3n) is 5.89. The number of ether oxygens (including phenoxy) is 3. The highest BCUT2D eigenvalue weighted by Crippen LogP contribution is 2.28. The van der Waals surface area contributed by atoms with Crippen molar-refractivity contribution in [2.24, 2.45) is 5.73 Å². The molecule has 2 aromatic rings. The van der Waals surface area contributed by atoms with Crippen molar-refractivity contribution >= 4 is 17.6 Å². The fourth-order valence-electron chi connectivity index (χ4n) is 4.11. The fourth-order valence-corrected chi connectivity index (χ4v) is 4.11. The number of benzene rings is 2. The first-order valence-electron chi connectivity index (χ1n) is 11.7. The lowest BCUT2D eigenvalue weighted by molar-refractivity contribution is -0.151. The number of piperazine rings is 1. The topological polar surface area (TPSA) is 94.3 Å². The number of nitrogens with two attached hydrogens (primary N) is 1. The van der Waals surface area contributed by atoms with Gasteiger partial charge in [-0.1, -0.05) is 31.2 Å². The van der Waals surface area contributed by atoms with E-state index in [2.05, 4.69) is 15.9 Å². The Hall–Kier alpha value is -3.26. The Bertz CT molecular complexity index is 973. The van der Waals surface area contributed by atoms with Crippen molar-refractivity contribution in [3.8, 4) is 11.5 Å². The van der Waals surface area contributed by atoms with E-state index in [1.54, 1.807) is 14.0 Å². The van der Waals surface area contributed by atoms with E-state index in [4.69, 9.17) is 19.9 Å². The predicted octanol–water partition coefficient (Wildman–Crippen LogP) is 2.55. The minimum Gasteiger partial charge on any atom is -0.495 e. The maximum absolute atomic E-state index is 12.0. The van der Waals surface area contributed by atoms with E-state index >= 15 is 0 Å². The van der Waals surface area contributed by atoms with Crippen LogP contribution >= 0.6 is 0 Å². The molecule has 0 spiro atoms. The molecular weight excluding hydrogens is 434 g/mol. The number of hydrogen-bond donors (Lipinski definition) is 1. The Morgan fingerprint density at radius 3 is 2.44 bits per heavy atom. The molecule has 1 aliphatic heterocycles. The summed E-state index contributed by atoms with van der Waals surface area (Å²) in [6, 6.07) is 13.6. The Kier molecular flexibility index (Phi) is 9.16. The zero-order valence-electron chi connectivity index (χ0n) is 20.3. The number of esters is 1. The molecule has 2 N–H and O–H groups in total. The van der Waals surface area contributed by atoms with Crippen LogP contribution in [0, 0.1) is 6.92 Å². The number of primary amides is 1. The molecular formula is C26H35N3O5. The normalized spacial score (nSPS) is 15.0. The lowest BCUT2D eigenvalue weighted by atomic mass is 10.1. The van der Waals surface area contributed by atoms with Crippen LogP contribution in [-0.4, -0.2) is 69.3 Å². The second-order valence-corrected chi connectivity index (χ2v) is 8.48. The van der Waals surface area contributed by atoms with Crippen molar-refractivity contribution in [3.63, 3.8) is 0 Å². The summed E-state index contributed by atoms with van der Waals surface area (Å²) in [7, 11) is 1.69. The van der Waals surface area contributed by atoms with Crippen molar-refractivity contribution in [1.82, 2.24) is 4.90 Å². The first-order valence-corrected chi connectivity index (χ1v) is 11.7. The van der Waals surface area contributed by atoms with E-state index in [0.29, 0.717) is 18.7 Å². The van der Waals surface area contributed by atoms with Crippen LogP contribution in [0.1, 0.15) is 24.5 Å². The quantitative estimate of drug-likeness (QED) is 0.506. The number of para-hydroxylation sites is 2. The van der Waals surface area contributed by atoms with Crippen molar-refractivity contribution in [2.45, 2.75) is 32.8 Å². The lowest BCUT2D eigenvalue weighted by Gasteiger charge is -2.37. The Morgan fingerprint density at radius 1 is 1.06 bits per heavy atom. The Morgan fingerprint density at radius 2 is 1.79 bits per heavy atom. The first-order chi connectivity index (χ1) is 16.4. The van der Waals surface area contributed by atoms with E-state index in [0.717, 1.165) is 48.7 Å². The van der Waals surface area contributed by atoms with Crippen molar-refractivity contribution in [1.29, 1.82) is 0 Å². The first kappa shape index (κ1) is 25.4. The van der Waals surface area contributed by atoms with E-state index in [-0.39, 0.29) is 31.0 Å². The number of hydrogen-bond acceptors (Lipinski definition) is 7. The molecule has 8 nitrogen and oxygen atoms in total. The summed E-state index contributed by atoms with van der Waals surface area (Å²) in [5, 5.41) is 0. The number of anilines is 1. The molecule has 1 amide bonds. The summed E-state index contributed by atoms with van der Waals surface area (Å²) in [6.45, 7) is 7.97. The third-order valence-corrected chi connectivity index (χ3v) is 5.89. The SMILES string of the molecule is CCC(=O)OC(COc1ccc(CC(N)=O)cc1C)CN1CCN(c2ccccc2OC)CC1. The highest BCUT2D eigenvalue weighted by Gasteiger charge is 2.24. The third kappa shape index (κ3) is 7.12. The second-order valence-electron chi connectivity index (χ2n) is 8.48. The summed E-state index contributed by atoms with van der Waals surface area (Å²) in [4.78, 5) is 27.8. The molecule has 0 saturated carbocycles. The van der Waals surface area contributed by atoms with Crippen LogP contribution in [0.4, 0.5) is 5.69 Å². The molecule has 34 heavy (non-hydrogen) atoms. The molecule has 1 saturated heterocycles. The van der Waals surface area contributed by atoms with Crippen LogP contribution in [0.25, 0.3) is 0 Å². The molecule has 1 fully saturated rings. The van der Waals surface area contributed by atoms with Gasteiger partial charge in [-0.05, 0) is 36.2 Å². The van der Waals surface area contributed by atoms with Gasteiger partial charge >= 0.3 is 5.97 Å². The summed E-state index contributed by atoms with van der Waals surface area (Å²) < 4.78 is 17.2. The zero-order valence-corrected chi connectivity index (χ0v) is 20.3. The van der Waals surface area contributed by atoms with Crippen LogP contribution < -0.4 is 20.1 Å². The maximum atomic E-state index is 12.0. The van der Waals surface area contributed by atoms with Gasteiger partial charge in [0, 0.05) is 39.1 Å². The number of amides is 1. The highest BCUT2D eigenvalue weighted by molar-refractivity contribution is 5.76. The van der Waals surface area contributed by atoms with Gasteiger partial charge in [-0.3, -0.25) is 14.5 Å². The number of carbonyl (C=O) groups is 2. The molecule has 1 heterocycles. The van der Waals surface area contributed by atoms with Gasteiger partial charge in [0.05, 0.1) is 19.2 Å². The van der Waals surface area contributed by atoms with Gasteiger partial charge in [0.2, 0.25) is 5.91 Å².